The van der Waals surface area contributed by atoms with Crippen LogP contribution in [0.4, 0.5) is 0 Å². The predicted octanol–water partition coefficient (Wildman–Crippen LogP) is 10.7. The van der Waals surface area contributed by atoms with Crippen LogP contribution >= 0.6 is 22.7 Å². The van der Waals surface area contributed by atoms with Crippen molar-refractivity contribution >= 4 is 58.0 Å². The van der Waals surface area contributed by atoms with Crippen molar-refractivity contribution in [2.45, 2.75) is 75.4 Å². The molecule has 0 unspecified atom stereocenters. The number of allylic oxidation sites excluding steroid dienone is 2. The first-order valence-corrected chi connectivity index (χ1v) is 22.2. The predicted molar refractivity (Wildman–Crippen MR) is 229 cm³/mol. The molecule has 0 bridgehead atoms. The minimum atomic E-state index is -0.614. The molecule has 5 aromatic rings. The normalized spacial score (nSPS) is 18.2. The van der Waals surface area contributed by atoms with Gasteiger partial charge >= 0.3 is 0 Å². The van der Waals surface area contributed by atoms with E-state index in [1.54, 1.807) is 12.2 Å². The van der Waals surface area contributed by atoms with Gasteiger partial charge in [0.1, 0.15) is 47.0 Å². The summed E-state index contributed by atoms with van der Waals surface area (Å²) >= 11 is 2.89. The molecule has 12 heteroatoms. The van der Waals surface area contributed by atoms with Crippen molar-refractivity contribution in [3.63, 3.8) is 0 Å². The van der Waals surface area contributed by atoms with Crippen LogP contribution < -0.4 is 9.47 Å². The standard InChI is InChI=1S/C50H30N4O6S2/c51-21-25-11-31-32(12-26(25)22-52)44(56)37(43(31)55)15-29-17-41-47(61-29)35-20-40-36(19-39(35)49(59-41)7-3-1-4-8-49)48-42(60-50(40)9-5-2-6-10-50)18-30(62-48)16-38-45(57)33-13-27(23-53)28(24-54)14-34(33)46(38)58/h11-20H,1-10H2. The molecule has 10 nitrogen and oxygen atoms in total. The van der Waals surface area contributed by atoms with E-state index in [1.807, 2.05) is 36.4 Å². The lowest BCUT2D eigenvalue weighted by Crippen LogP contribution is -2.40. The zero-order valence-electron chi connectivity index (χ0n) is 32.9. The van der Waals surface area contributed by atoms with Gasteiger partial charge in [-0.2, -0.15) is 21.0 Å². The van der Waals surface area contributed by atoms with Crippen LogP contribution in [-0.4, -0.2) is 23.1 Å². The molecule has 0 saturated heterocycles. The van der Waals surface area contributed by atoms with E-state index in [0.717, 1.165) is 96.2 Å². The van der Waals surface area contributed by atoms with Gasteiger partial charge in [-0.1, -0.05) is 12.8 Å². The maximum Gasteiger partial charge on any atom is 0.197 e. The largest absolute Gasteiger partial charge is 0.481 e. The van der Waals surface area contributed by atoms with E-state index in [9.17, 15) is 40.2 Å². The molecule has 2 saturated carbocycles. The lowest BCUT2D eigenvalue weighted by molar-refractivity contribution is 0.0205. The summed E-state index contributed by atoms with van der Waals surface area (Å²) in [4.78, 5) is 57.7. The second-order valence-corrected chi connectivity index (χ2v) is 18.9. The molecule has 6 aliphatic rings. The Hall–Kier alpha value is -7.22. The number of nitriles is 4. The fraction of sp³-hybridized carbons (Fsp3) is 0.240. The summed E-state index contributed by atoms with van der Waals surface area (Å²) in [5.41, 5.74) is 3.61. The van der Waals surface area contributed by atoms with Crippen LogP contribution in [0.25, 0.3) is 33.0 Å². The molecule has 0 amide bonds. The molecule has 2 aliphatic heterocycles. The van der Waals surface area contributed by atoms with E-state index in [2.05, 4.69) is 12.1 Å². The highest BCUT2D eigenvalue weighted by atomic mass is 32.1. The van der Waals surface area contributed by atoms with Gasteiger partial charge in [-0.3, -0.25) is 19.2 Å². The molecule has 0 radical (unpaired) electrons. The van der Waals surface area contributed by atoms with Gasteiger partial charge in [-0.15, -0.1) is 22.7 Å². The molecule has 4 aliphatic carbocycles. The number of hydrogen-bond acceptors (Lipinski definition) is 12. The summed E-state index contributed by atoms with van der Waals surface area (Å²) in [6, 6.07) is 21.5. The number of Topliss-reactive ketones (excluding diaryl/α,β-unsaturated/α-hetero) is 4. The average Bonchev–Trinajstić information content (AvgIpc) is 4.02. The summed E-state index contributed by atoms with van der Waals surface area (Å²) in [5, 5.41) is 38.3. The Morgan fingerprint density at radius 1 is 0.452 bits per heavy atom. The van der Waals surface area contributed by atoms with Crippen LogP contribution in [0.3, 0.4) is 0 Å². The van der Waals surface area contributed by atoms with Crippen molar-refractivity contribution < 1.29 is 28.7 Å². The van der Waals surface area contributed by atoms with E-state index in [0.29, 0.717) is 21.3 Å². The Morgan fingerprint density at radius 2 is 0.774 bits per heavy atom. The van der Waals surface area contributed by atoms with E-state index in [-0.39, 0.29) is 55.7 Å². The average molecular weight is 847 g/mol. The van der Waals surface area contributed by atoms with Gasteiger partial charge in [0.25, 0.3) is 0 Å². The highest BCUT2D eigenvalue weighted by Crippen LogP contribution is 2.60. The van der Waals surface area contributed by atoms with Gasteiger partial charge < -0.3 is 9.47 Å². The Labute approximate surface area is 363 Å². The second-order valence-electron chi connectivity index (χ2n) is 16.7. The van der Waals surface area contributed by atoms with Crippen LogP contribution in [-0.2, 0) is 11.2 Å². The summed E-state index contributed by atoms with van der Waals surface area (Å²) < 4.78 is 14.2. The Morgan fingerprint density at radius 3 is 1.08 bits per heavy atom. The number of fused-ring (bicyclic) bond motifs is 10. The van der Waals surface area contributed by atoms with Gasteiger partial charge in [0.2, 0.25) is 0 Å². The number of benzene rings is 3. The maximum atomic E-state index is 13.6. The molecule has 11 rings (SSSR count). The maximum absolute atomic E-state index is 13.6. The molecule has 2 fully saturated rings. The summed E-state index contributed by atoms with van der Waals surface area (Å²) in [5.74, 6) is -0.546. The summed E-state index contributed by atoms with van der Waals surface area (Å²) in [7, 11) is 0. The number of rotatable bonds is 2. The zero-order valence-corrected chi connectivity index (χ0v) is 34.5. The van der Waals surface area contributed by atoms with Gasteiger partial charge in [-0.05, 0) is 112 Å². The highest BCUT2D eigenvalue weighted by Gasteiger charge is 2.48. The third kappa shape index (κ3) is 5.34. The third-order valence-corrected chi connectivity index (χ3v) is 15.5. The van der Waals surface area contributed by atoms with Crippen LogP contribution in [0.1, 0.15) is 149 Å². The molecule has 2 spiro atoms. The SMILES string of the molecule is N#Cc1cc2c(cc1C#N)C(=O)C(=Cc1cc3c(s1)-c1cc4c(cc1C1(CCCCC1)O3)-c1sc(C=C3C(=O)c5cc(C#N)c(C#N)cc5C3=O)cc1OC41CCCCC1)C2=O. The lowest BCUT2D eigenvalue weighted by Gasteiger charge is -2.45. The number of carbonyl (C=O) groups excluding carboxylic acids is 4. The fourth-order valence-corrected chi connectivity index (χ4v) is 12.5. The minimum absolute atomic E-state index is 0.0232. The Bertz CT molecular complexity index is 2900. The van der Waals surface area contributed by atoms with Crippen molar-refractivity contribution in [1.29, 1.82) is 21.0 Å². The van der Waals surface area contributed by atoms with Gasteiger partial charge in [0, 0.05) is 54.3 Å². The molecule has 3 aromatic carbocycles. The van der Waals surface area contributed by atoms with Crippen LogP contribution in [0, 0.1) is 45.3 Å². The fourth-order valence-electron chi connectivity index (χ4n) is 10.4. The highest BCUT2D eigenvalue weighted by molar-refractivity contribution is 7.17. The first kappa shape index (κ1) is 37.8. The minimum Gasteiger partial charge on any atom is -0.481 e. The number of thiophene rings is 2. The lowest BCUT2D eigenvalue weighted by atomic mass is 9.71. The van der Waals surface area contributed by atoms with E-state index >= 15 is 0 Å². The second kappa shape index (κ2) is 13.6. The molecular formula is C50H30N4O6S2. The smallest absolute Gasteiger partial charge is 0.197 e. The van der Waals surface area contributed by atoms with E-state index in [1.165, 1.54) is 46.9 Å². The van der Waals surface area contributed by atoms with Crippen molar-refractivity contribution in [2.24, 2.45) is 0 Å². The topological polar surface area (TPSA) is 182 Å². The van der Waals surface area contributed by atoms with E-state index < -0.39 is 34.3 Å². The first-order valence-electron chi connectivity index (χ1n) is 20.5. The van der Waals surface area contributed by atoms with Crippen molar-refractivity contribution in [2.75, 3.05) is 0 Å². The zero-order chi connectivity index (χ0) is 42.7. The number of carbonyl (C=O) groups is 4. The van der Waals surface area contributed by atoms with Gasteiger partial charge in [0.15, 0.2) is 23.1 Å². The quantitative estimate of drug-likeness (QED) is 0.122. The number of hydrogen-bond donors (Lipinski definition) is 0. The Balaban J connectivity index is 1.04. The molecular weight excluding hydrogens is 817 g/mol. The Kier molecular flexibility index (Phi) is 8.31. The molecule has 2 aromatic heterocycles. The van der Waals surface area contributed by atoms with Gasteiger partial charge in [0.05, 0.1) is 43.2 Å². The van der Waals surface area contributed by atoms with Crippen molar-refractivity contribution in [1.82, 2.24) is 0 Å². The summed E-state index contributed by atoms with van der Waals surface area (Å²) in [6.45, 7) is 0. The summed E-state index contributed by atoms with van der Waals surface area (Å²) in [6.07, 6.45) is 12.5. The molecule has 0 atom stereocenters. The third-order valence-electron chi connectivity index (χ3n) is 13.3. The number of ether oxygens (including phenoxy) is 2. The first-order chi connectivity index (χ1) is 30.1. The van der Waals surface area contributed by atoms with Crippen LogP contribution in [0.15, 0.2) is 59.7 Å². The van der Waals surface area contributed by atoms with Crippen LogP contribution in [0.5, 0.6) is 11.5 Å². The van der Waals surface area contributed by atoms with Crippen molar-refractivity contribution in [3.05, 3.63) is 125 Å². The molecule has 62 heavy (non-hydrogen) atoms. The van der Waals surface area contributed by atoms with Crippen LogP contribution in [0.2, 0.25) is 0 Å². The monoisotopic (exact) mass is 846 g/mol. The van der Waals surface area contributed by atoms with Crippen molar-refractivity contribution in [3.8, 4) is 56.7 Å². The molecule has 4 heterocycles. The van der Waals surface area contributed by atoms with Gasteiger partial charge in [-0.25, -0.2) is 0 Å². The number of nitrogens with zero attached hydrogens (tertiary/aromatic N) is 4. The molecule has 0 N–H and O–H groups in total. The molecule has 298 valence electrons. The number of ketones is 4. The van der Waals surface area contributed by atoms with E-state index in [4.69, 9.17) is 9.47 Å².